The Morgan fingerprint density at radius 3 is 2.67 bits per heavy atom. The van der Waals surface area contributed by atoms with Crippen molar-refractivity contribution in [1.82, 2.24) is 35.3 Å². The van der Waals surface area contributed by atoms with Gasteiger partial charge in [0.15, 0.2) is 0 Å². The molecule has 0 amide bonds. The maximum absolute atomic E-state index is 14.0. The van der Waals surface area contributed by atoms with E-state index in [1.165, 1.54) is 0 Å². The number of fused-ring (bicyclic) bond motifs is 1. The Morgan fingerprint density at radius 1 is 1.21 bits per heavy atom. The Bertz CT molecular complexity index is 1480. The van der Waals surface area contributed by atoms with Crippen molar-refractivity contribution in [3.8, 4) is 11.3 Å². The van der Waals surface area contributed by atoms with Gasteiger partial charge in [-0.3, -0.25) is 5.10 Å². The summed E-state index contributed by atoms with van der Waals surface area (Å²) in [6.45, 7) is 2.16. The van der Waals surface area contributed by atoms with Crippen LogP contribution in [0, 0.1) is 5.92 Å². The van der Waals surface area contributed by atoms with E-state index >= 15 is 0 Å². The molecule has 6 rings (SSSR count). The summed E-state index contributed by atoms with van der Waals surface area (Å²) >= 11 is 0. The number of hydrogen-bond donors (Lipinski definition) is 3. The normalized spacial score (nSPS) is 21.8. The van der Waals surface area contributed by atoms with Crippen molar-refractivity contribution in [3.63, 3.8) is 0 Å². The van der Waals surface area contributed by atoms with E-state index in [4.69, 9.17) is 4.74 Å². The number of benzene rings is 1. The van der Waals surface area contributed by atoms with E-state index in [1.807, 2.05) is 35.9 Å². The number of hydrogen-bond acceptors (Lipinski definition) is 7. The highest BCUT2D eigenvalue weighted by Gasteiger charge is 2.36. The van der Waals surface area contributed by atoms with Gasteiger partial charge in [0.2, 0.25) is 0 Å². The Kier molecular flexibility index (Phi) is 6.64. The second-order valence-corrected chi connectivity index (χ2v) is 10.6. The molecule has 3 N–H and O–H groups in total. The van der Waals surface area contributed by atoms with Gasteiger partial charge < -0.3 is 19.7 Å². The van der Waals surface area contributed by atoms with Gasteiger partial charge >= 0.3 is 6.18 Å². The number of aromatic amines is 1. The van der Waals surface area contributed by atoms with Gasteiger partial charge in [0.1, 0.15) is 23.5 Å². The zero-order valence-electron chi connectivity index (χ0n) is 21.6. The number of pyridine rings is 1. The predicted molar refractivity (Wildman–Crippen MR) is 137 cm³/mol. The number of ether oxygens (including phenoxy) is 1. The second kappa shape index (κ2) is 10.00. The largest absolute Gasteiger partial charge is 0.433 e. The fourth-order valence-corrected chi connectivity index (χ4v) is 5.68. The Morgan fingerprint density at radius 2 is 2.03 bits per heavy atom. The minimum Gasteiger partial charge on any atom is -0.389 e. The van der Waals surface area contributed by atoms with Gasteiger partial charge in [0.25, 0.3) is 0 Å². The lowest BCUT2D eigenvalue weighted by molar-refractivity contribution is -0.141. The summed E-state index contributed by atoms with van der Waals surface area (Å²) in [4.78, 5) is 3.98. The molecule has 3 aromatic heterocycles. The third-order valence-electron chi connectivity index (χ3n) is 7.96. The molecule has 0 bridgehead atoms. The van der Waals surface area contributed by atoms with E-state index in [-0.39, 0.29) is 24.8 Å². The molecule has 0 radical (unpaired) electrons. The van der Waals surface area contributed by atoms with Gasteiger partial charge in [-0.1, -0.05) is 24.6 Å². The lowest BCUT2D eigenvalue weighted by atomic mass is 9.72. The van der Waals surface area contributed by atoms with E-state index in [2.05, 4.69) is 30.7 Å². The van der Waals surface area contributed by atoms with Crippen LogP contribution in [0.4, 0.5) is 13.2 Å². The topological polar surface area (TPSA) is 114 Å². The van der Waals surface area contributed by atoms with Crippen LogP contribution in [0.5, 0.6) is 0 Å². The van der Waals surface area contributed by atoms with Crippen LogP contribution < -0.4 is 5.32 Å². The van der Waals surface area contributed by atoms with E-state index in [1.54, 1.807) is 13.3 Å². The molecule has 0 spiro atoms. The molecular weight excluding hydrogens is 511 g/mol. The van der Waals surface area contributed by atoms with Gasteiger partial charge in [-0.15, -0.1) is 10.2 Å². The van der Waals surface area contributed by atoms with Crippen molar-refractivity contribution in [2.24, 2.45) is 13.0 Å². The summed E-state index contributed by atoms with van der Waals surface area (Å²) in [7, 11) is 1.92. The molecule has 39 heavy (non-hydrogen) atoms. The monoisotopic (exact) mass is 541 g/mol. The molecule has 2 aliphatic rings. The molecule has 1 saturated carbocycles. The van der Waals surface area contributed by atoms with Crippen molar-refractivity contribution in [2.75, 3.05) is 13.2 Å². The van der Waals surface area contributed by atoms with Crippen LogP contribution in [0.25, 0.3) is 22.2 Å². The van der Waals surface area contributed by atoms with Crippen LogP contribution in [-0.2, 0) is 18.0 Å². The van der Waals surface area contributed by atoms with E-state index in [0.717, 1.165) is 36.7 Å². The minimum absolute atomic E-state index is 0.0312. The van der Waals surface area contributed by atoms with Gasteiger partial charge in [0.05, 0.1) is 36.6 Å². The molecule has 1 aliphatic carbocycles. The maximum Gasteiger partial charge on any atom is 0.433 e. The number of alkyl halides is 3. The van der Waals surface area contributed by atoms with Crippen molar-refractivity contribution >= 4 is 10.9 Å². The van der Waals surface area contributed by atoms with Crippen molar-refractivity contribution in [2.45, 2.75) is 56.5 Å². The number of nitrogens with one attached hydrogen (secondary N) is 2. The molecule has 2 fully saturated rings. The highest BCUT2D eigenvalue weighted by molar-refractivity contribution is 5.94. The summed E-state index contributed by atoms with van der Waals surface area (Å²) in [6, 6.07) is 7.83. The first kappa shape index (κ1) is 25.9. The molecule has 1 saturated heterocycles. The zero-order valence-corrected chi connectivity index (χ0v) is 21.6. The van der Waals surface area contributed by atoms with Crippen molar-refractivity contribution in [3.05, 3.63) is 59.4 Å². The fourth-order valence-electron chi connectivity index (χ4n) is 5.68. The SMILES string of the molecule is C[C@H](NC1COC[C@H]1O)c1nc(C(F)(F)F)cc2c(-c3cccc([C@H](c4nncn4C)C4CCC4)c3)n[nH]c12. The average molecular weight is 542 g/mol. The smallest absolute Gasteiger partial charge is 0.389 e. The highest BCUT2D eigenvalue weighted by atomic mass is 19.4. The van der Waals surface area contributed by atoms with E-state index in [9.17, 15) is 18.3 Å². The number of nitrogens with zero attached hydrogens (tertiary/aromatic N) is 5. The summed E-state index contributed by atoms with van der Waals surface area (Å²) in [5, 5.41) is 29.5. The van der Waals surface area contributed by atoms with Gasteiger partial charge in [-0.05, 0) is 43.4 Å². The number of aryl methyl sites for hydroxylation is 1. The zero-order chi connectivity index (χ0) is 27.3. The molecule has 4 heterocycles. The Labute approximate surface area is 222 Å². The van der Waals surface area contributed by atoms with E-state index < -0.39 is 30.1 Å². The van der Waals surface area contributed by atoms with Crippen LogP contribution in [-0.4, -0.2) is 60.4 Å². The van der Waals surface area contributed by atoms with Crippen LogP contribution in [0.2, 0.25) is 0 Å². The third kappa shape index (κ3) is 4.81. The van der Waals surface area contributed by atoms with Crippen molar-refractivity contribution < 1.29 is 23.0 Å². The Balaban J connectivity index is 1.43. The summed E-state index contributed by atoms with van der Waals surface area (Å²) in [5.41, 5.74) is 1.76. The molecule has 1 aliphatic heterocycles. The van der Waals surface area contributed by atoms with E-state index in [0.29, 0.717) is 28.1 Å². The third-order valence-corrected chi connectivity index (χ3v) is 7.96. The number of H-pyrrole nitrogens is 1. The highest BCUT2D eigenvalue weighted by Crippen LogP contribution is 2.44. The number of halogens is 3. The molecule has 4 aromatic rings. The minimum atomic E-state index is -4.64. The molecule has 12 heteroatoms. The summed E-state index contributed by atoms with van der Waals surface area (Å²) in [5.74, 6) is 1.32. The molecular formula is C27H30F3N7O2. The quantitative estimate of drug-likeness (QED) is 0.323. The fraction of sp³-hybridized carbons (Fsp3) is 0.481. The molecule has 1 unspecified atom stereocenters. The second-order valence-electron chi connectivity index (χ2n) is 10.6. The van der Waals surface area contributed by atoms with Crippen molar-refractivity contribution in [1.29, 1.82) is 0 Å². The summed E-state index contributed by atoms with van der Waals surface area (Å²) < 4.78 is 49.1. The van der Waals surface area contributed by atoms with Gasteiger partial charge in [-0.2, -0.15) is 18.3 Å². The van der Waals surface area contributed by atoms with Crippen LogP contribution in [0.3, 0.4) is 0 Å². The summed E-state index contributed by atoms with van der Waals surface area (Å²) in [6.07, 6.45) is -0.368. The number of rotatable bonds is 7. The van der Waals surface area contributed by atoms with Crippen LogP contribution in [0.15, 0.2) is 36.7 Å². The van der Waals surface area contributed by atoms with Crippen LogP contribution in [0.1, 0.15) is 60.9 Å². The lowest BCUT2D eigenvalue weighted by Crippen LogP contribution is -2.40. The molecule has 206 valence electrons. The first-order valence-electron chi connectivity index (χ1n) is 13.1. The first-order chi connectivity index (χ1) is 18.7. The van der Waals surface area contributed by atoms with Gasteiger partial charge in [-0.25, -0.2) is 4.98 Å². The number of aromatic nitrogens is 6. The Hall–Kier alpha value is -3.35. The first-order valence-corrected chi connectivity index (χ1v) is 13.1. The van der Waals surface area contributed by atoms with Crippen LogP contribution >= 0.6 is 0 Å². The standard InChI is InChI=1S/C27H30F3N7O2/c1-14(32-19-11-39-12-20(19)38)23-25-18(10-21(33-23)27(28,29)30)24(34-35-25)17-8-4-7-16(9-17)22(15-5-3-6-15)26-36-31-13-37(26)2/h4,7-10,13-15,19-20,22,32,38H,3,5-6,11-12H2,1-2H3,(H,34,35)/t14-,19?,20+,22+/m0/s1. The lowest BCUT2D eigenvalue weighted by Gasteiger charge is -2.33. The molecule has 4 atom stereocenters. The average Bonchev–Trinajstić information content (AvgIpc) is 3.60. The number of aliphatic hydroxyl groups is 1. The maximum atomic E-state index is 14.0. The predicted octanol–water partition coefficient (Wildman–Crippen LogP) is 4.11. The number of aliphatic hydroxyl groups excluding tert-OH is 1. The molecule has 1 aromatic carbocycles. The van der Waals surface area contributed by atoms with Gasteiger partial charge in [0, 0.05) is 30.0 Å². The molecule has 9 nitrogen and oxygen atoms in total.